The molecule has 5 atom stereocenters. The van der Waals surface area contributed by atoms with E-state index in [0.29, 0.717) is 59.7 Å². The van der Waals surface area contributed by atoms with Crippen molar-refractivity contribution in [2.75, 3.05) is 34.0 Å². The lowest BCUT2D eigenvalue weighted by molar-refractivity contribution is -0.136. The van der Waals surface area contributed by atoms with Gasteiger partial charge in [0.25, 0.3) is 0 Å². The smallest absolute Gasteiger partial charge is 0.240 e. The summed E-state index contributed by atoms with van der Waals surface area (Å²) in [6, 6.07) is 17.8. The number of benzene rings is 3. The number of rotatable bonds is 13. The van der Waals surface area contributed by atoms with E-state index in [-0.39, 0.29) is 41.8 Å². The van der Waals surface area contributed by atoms with E-state index in [1.54, 1.807) is 20.4 Å². The van der Waals surface area contributed by atoms with Gasteiger partial charge in [0.2, 0.25) is 18.0 Å². The number of hydrogen-bond donors (Lipinski definition) is 4. The average Bonchev–Trinajstić information content (AvgIpc) is 4.14. The molecule has 9 rings (SSSR count). The molecule has 6 aromatic rings. The number of nitrogens with zero attached hydrogens (tertiary/aromatic N) is 5. The number of nitrogens with two attached hydrogens (primary N) is 1. The van der Waals surface area contributed by atoms with Gasteiger partial charge in [0.15, 0.2) is 0 Å². The van der Waals surface area contributed by atoms with Crippen LogP contribution < -0.4 is 20.5 Å². The van der Waals surface area contributed by atoms with Crippen molar-refractivity contribution in [1.82, 2.24) is 39.6 Å². The number of amides is 2. The Labute approximate surface area is 366 Å². The summed E-state index contributed by atoms with van der Waals surface area (Å²) in [5, 5.41) is 4.13. The van der Waals surface area contributed by atoms with E-state index in [0.717, 1.165) is 59.2 Å². The van der Waals surface area contributed by atoms with E-state index >= 15 is 4.39 Å². The normalized spacial score (nSPS) is 19.4. The van der Waals surface area contributed by atoms with Crippen LogP contribution in [0.2, 0.25) is 0 Å². The predicted octanol–water partition coefficient (Wildman–Crippen LogP) is 7.70. The van der Waals surface area contributed by atoms with Gasteiger partial charge >= 0.3 is 0 Å². The number of aromatic amines is 2. The number of H-pyrrole nitrogens is 2. The number of imidazole rings is 2. The summed E-state index contributed by atoms with van der Waals surface area (Å²) >= 11 is 0. The molecule has 3 aliphatic heterocycles. The molecule has 0 aliphatic carbocycles. The average molecular weight is 858 g/mol. The van der Waals surface area contributed by atoms with Crippen LogP contribution in [-0.4, -0.2) is 92.2 Å². The zero-order chi connectivity index (χ0) is 44.1. The minimum absolute atomic E-state index is 0.00995. The second-order valence-corrected chi connectivity index (χ2v) is 17.6. The Morgan fingerprint density at radius 3 is 2.21 bits per heavy atom. The van der Waals surface area contributed by atoms with Crippen molar-refractivity contribution in [2.45, 2.75) is 83.8 Å². The van der Waals surface area contributed by atoms with Crippen LogP contribution in [0.15, 0.2) is 73.1 Å². The topological polar surface area (TPSA) is 169 Å². The number of ether oxygens (including phenoxy) is 3. The summed E-state index contributed by atoms with van der Waals surface area (Å²) in [5.41, 5.74) is 11.9. The van der Waals surface area contributed by atoms with E-state index in [1.165, 1.54) is 6.07 Å². The van der Waals surface area contributed by atoms with Crippen LogP contribution in [0.1, 0.15) is 88.9 Å². The van der Waals surface area contributed by atoms with Gasteiger partial charge in [-0.1, -0.05) is 45.9 Å². The number of hydrogen-bond acceptors (Lipinski definition) is 9. The van der Waals surface area contributed by atoms with Gasteiger partial charge in [0.05, 0.1) is 78.6 Å². The molecule has 0 spiro atoms. The molecule has 1 unspecified atom stereocenters. The van der Waals surface area contributed by atoms with E-state index < -0.39 is 18.1 Å². The Bertz CT molecular complexity index is 2650. The Balaban J connectivity index is 1.06. The van der Waals surface area contributed by atoms with Crippen LogP contribution in [0.3, 0.4) is 0 Å². The molecule has 0 bridgehead atoms. The maximum Gasteiger partial charge on any atom is 0.240 e. The highest BCUT2D eigenvalue weighted by Gasteiger charge is 2.38. The molecule has 5 N–H and O–H groups in total. The second-order valence-electron chi connectivity index (χ2n) is 17.6. The molecular weight excluding hydrogens is 802 g/mol. The fraction of sp³-hybridized carbons (Fsp3) is 0.417. The molecule has 330 valence electrons. The minimum Gasteiger partial charge on any atom is -0.497 e. The number of halogens is 1. The number of nitrogens with one attached hydrogen (secondary N) is 3. The summed E-state index contributed by atoms with van der Waals surface area (Å²) in [6.45, 7) is 9.52. The predicted molar refractivity (Wildman–Crippen MR) is 238 cm³/mol. The van der Waals surface area contributed by atoms with Gasteiger partial charge in [-0.3, -0.25) is 14.9 Å². The number of likely N-dealkylation sites (tertiary alicyclic amines) is 2. The second kappa shape index (κ2) is 17.3. The summed E-state index contributed by atoms with van der Waals surface area (Å²) in [6.07, 6.45) is 6.15. The van der Waals surface area contributed by atoms with Crippen molar-refractivity contribution >= 4 is 22.7 Å². The molecule has 3 aliphatic rings. The molecule has 3 aromatic carbocycles. The van der Waals surface area contributed by atoms with Crippen LogP contribution in [-0.2, 0) is 14.3 Å². The monoisotopic (exact) mass is 857 g/mol. The number of carbonyl (C=O) groups excluding carboxylic acids is 2. The lowest BCUT2D eigenvalue weighted by Gasteiger charge is -2.31. The van der Waals surface area contributed by atoms with Crippen LogP contribution in [0.5, 0.6) is 11.5 Å². The van der Waals surface area contributed by atoms with Crippen LogP contribution >= 0.6 is 0 Å². The molecule has 2 amide bonds. The van der Waals surface area contributed by atoms with Gasteiger partial charge in [-0.15, -0.1) is 0 Å². The summed E-state index contributed by atoms with van der Waals surface area (Å²) in [7, 11) is 3.23. The lowest BCUT2D eigenvalue weighted by Crippen LogP contribution is -2.49. The van der Waals surface area contributed by atoms with Crippen LogP contribution in [0.4, 0.5) is 4.39 Å². The fourth-order valence-electron chi connectivity index (χ4n) is 9.48. The standard InChI is InChI=1S/C48H56FN9O5/c1-26(2)42(50)46(59)56-16-8-12-37(56)44-52-24-35(55-44)30-20-33(49)41-39-21-31-18-28(14-15-36(31)58(39)48(63-40(41)22-30)29-10-7-11-32(19-29)62-6)34-23-51-45(54-34)38-13-9-17-57(38)47(60)43(27(3)4)53-25-61-5/h7,10-11,14-15,18-24,26-27,37-38,42-43,48,53H,8-9,12-13,16-17,25,50H2,1-6H3,(H,51,54)(H,52,55)/t37-,38-,42-,43-,48?/m0/s1. The summed E-state index contributed by atoms with van der Waals surface area (Å²) < 4.78 is 36.5. The van der Waals surface area contributed by atoms with Crippen LogP contribution in [0.25, 0.3) is 44.7 Å². The van der Waals surface area contributed by atoms with Gasteiger partial charge in [0, 0.05) is 42.3 Å². The first-order valence-electron chi connectivity index (χ1n) is 21.9. The molecule has 2 saturated heterocycles. The third-order valence-electron chi connectivity index (χ3n) is 12.9. The van der Waals surface area contributed by atoms with Crippen molar-refractivity contribution in [1.29, 1.82) is 0 Å². The van der Waals surface area contributed by atoms with Crippen molar-refractivity contribution in [3.05, 3.63) is 96.1 Å². The molecular formula is C48H56FN9O5. The van der Waals surface area contributed by atoms with Gasteiger partial charge in [-0.05, 0) is 80.0 Å². The molecule has 63 heavy (non-hydrogen) atoms. The first kappa shape index (κ1) is 42.3. The van der Waals surface area contributed by atoms with Crippen molar-refractivity contribution < 1.29 is 28.2 Å². The summed E-state index contributed by atoms with van der Waals surface area (Å²) in [4.78, 5) is 47.2. The number of aromatic nitrogens is 5. The number of carbonyl (C=O) groups is 2. The molecule has 3 aromatic heterocycles. The van der Waals surface area contributed by atoms with Crippen molar-refractivity contribution in [3.63, 3.8) is 0 Å². The van der Waals surface area contributed by atoms with E-state index in [4.69, 9.17) is 24.9 Å². The van der Waals surface area contributed by atoms with Crippen molar-refractivity contribution in [2.24, 2.45) is 17.6 Å². The maximum absolute atomic E-state index is 16.8. The molecule has 14 nitrogen and oxygen atoms in total. The minimum atomic E-state index is -0.654. The summed E-state index contributed by atoms with van der Waals surface area (Å²) in [5.74, 6) is 2.05. The lowest BCUT2D eigenvalue weighted by atomic mass is 10.0. The third kappa shape index (κ3) is 7.76. The van der Waals surface area contributed by atoms with E-state index in [2.05, 4.69) is 26.3 Å². The quantitative estimate of drug-likeness (QED) is 0.0851. The largest absolute Gasteiger partial charge is 0.497 e. The molecule has 6 heterocycles. The highest BCUT2D eigenvalue weighted by atomic mass is 19.1. The number of fused-ring (bicyclic) bond motifs is 5. The highest BCUT2D eigenvalue weighted by molar-refractivity contribution is 5.93. The molecule has 0 radical (unpaired) electrons. The van der Waals surface area contributed by atoms with Gasteiger partial charge in [-0.2, -0.15) is 0 Å². The Hall–Kier alpha value is -6.03. The fourth-order valence-corrected chi connectivity index (χ4v) is 9.48. The Morgan fingerprint density at radius 1 is 0.873 bits per heavy atom. The van der Waals surface area contributed by atoms with Gasteiger partial charge < -0.3 is 44.3 Å². The van der Waals surface area contributed by atoms with Gasteiger partial charge in [0.1, 0.15) is 29.0 Å². The SMILES string of the molecule is COCN[C@H](C(=O)N1CCC[C@H]1c1ncc(-c2ccc3c(c2)cc2n3C(c3cccc(OC)c3)Oc3cc(-c4cnc([C@@H]5CCCN5C(=O)[C@@H](N)C(C)C)[nH]4)cc(F)c3-2)[nH]1)C(C)C. The van der Waals surface area contributed by atoms with Gasteiger partial charge in [-0.25, -0.2) is 14.4 Å². The molecule has 2 fully saturated rings. The third-order valence-corrected chi connectivity index (χ3v) is 12.9. The maximum atomic E-state index is 16.8. The zero-order valence-corrected chi connectivity index (χ0v) is 36.7. The Morgan fingerprint density at radius 2 is 1.56 bits per heavy atom. The first-order valence-corrected chi connectivity index (χ1v) is 21.9. The molecule has 15 heteroatoms. The van der Waals surface area contributed by atoms with Crippen molar-refractivity contribution in [3.8, 4) is 45.3 Å². The van der Waals surface area contributed by atoms with E-state index in [9.17, 15) is 9.59 Å². The van der Waals surface area contributed by atoms with E-state index in [1.807, 2.05) is 96.8 Å². The Kier molecular flexibility index (Phi) is 11.6. The van der Waals surface area contributed by atoms with Crippen LogP contribution in [0, 0.1) is 17.7 Å². The zero-order valence-electron chi connectivity index (χ0n) is 36.7. The number of methoxy groups -OCH3 is 2. The first-order chi connectivity index (χ1) is 30.4. The highest BCUT2D eigenvalue weighted by Crippen LogP contribution is 2.48. The molecule has 0 saturated carbocycles.